The number of carbonyl (C=O) groups is 2. The average molecular weight is 335 g/mol. The van der Waals surface area contributed by atoms with Gasteiger partial charge in [0.1, 0.15) is 23.0 Å². The largest absolute Gasteiger partial charge is 0.489 e. The maximum absolute atomic E-state index is 12.1. The highest BCUT2D eigenvalue weighted by Gasteiger charge is 2.28. The molecule has 6 heteroatoms. The number of carboxylic acid groups (broad SMARTS) is 1. The smallest absolute Gasteiger partial charge is 0.410 e. The minimum Gasteiger partial charge on any atom is -0.489 e. The Morgan fingerprint density at radius 2 is 1.83 bits per heavy atom. The topological polar surface area (TPSA) is 76.1 Å². The van der Waals surface area contributed by atoms with Gasteiger partial charge in [-0.3, -0.25) is 0 Å². The molecule has 0 aliphatic carbocycles. The summed E-state index contributed by atoms with van der Waals surface area (Å²) in [7, 11) is 0. The number of aromatic carboxylic acids is 1. The molecule has 1 saturated heterocycles. The fourth-order valence-corrected chi connectivity index (χ4v) is 2.57. The first-order chi connectivity index (χ1) is 11.2. The van der Waals surface area contributed by atoms with E-state index in [9.17, 15) is 14.7 Å². The highest BCUT2D eigenvalue weighted by Crippen LogP contribution is 2.25. The predicted molar refractivity (Wildman–Crippen MR) is 89.6 cm³/mol. The zero-order valence-electron chi connectivity index (χ0n) is 14.7. The van der Waals surface area contributed by atoms with Crippen LogP contribution in [0.25, 0.3) is 0 Å². The van der Waals surface area contributed by atoms with E-state index >= 15 is 0 Å². The molecule has 0 aromatic heterocycles. The van der Waals surface area contributed by atoms with Crippen LogP contribution in [0.3, 0.4) is 0 Å². The number of ether oxygens (including phenoxy) is 2. The molecular formula is C18H25NO5. The summed E-state index contributed by atoms with van der Waals surface area (Å²) >= 11 is 0. The number of benzene rings is 1. The number of carbonyl (C=O) groups excluding carboxylic acids is 1. The first-order valence-electron chi connectivity index (χ1n) is 8.14. The molecule has 1 amide bonds. The Balaban J connectivity index is 1.95. The third-order valence-electron chi connectivity index (χ3n) is 3.75. The third kappa shape index (κ3) is 4.88. The second kappa shape index (κ2) is 7.11. The predicted octanol–water partition coefficient (Wildman–Crippen LogP) is 3.47. The van der Waals surface area contributed by atoms with Crippen molar-refractivity contribution in [3.05, 3.63) is 29.3 Å². The summed E-state index contributed by atoms with van der Waals surface area (Å²) in [6, 6.07) is 5.05. The van der Waals surface area contributed by atoms with Crippen molar-refractivity contribution in [2.45, 2.75) is 52.2 Å². The van der Waals surface area contributed by atoms with Gasteiger partial charge in [-0.05, 0) is 45.4 Å². The van der Waals surface area contributed by atoms with Crippen LogP contribution in [-0.2, 0) is 4.74 Å². The van der Waals surface area contributed by atoms with Gasteiger partial charge in [-0.1, -0.05) is 6.07 Å². The van der Waals surface area contributed by atoms with Crippen molar-refractivity contribution in [1.29, 1.82) is 0 Å². The van der Waals surface area contributed by atoms with Crippen LogP contribution in [0.1, 0.15) is 49.5 Å². The monoisotopic (exact) mass is 335 g/mol. The molecule has 132 valence electrons. The average Bonchev–Trinajstić information content (AvgIpc) is 2.46. The molecule has 24 heavy (non-hydrogen) atoms. The van der Waals surface area contributed by atoms with Crippen LogP contribution in [0.15, 0.2) is 18.2 Å². The fourth-order valence-electron chi connectivity index (χ4n) is 2.57. The quantitative estimate of drug-likeness (QED) is 0.915. The Kier molecular flexibility index (Phi) is 5.36. The molecule has 1 heterocycles. The minimum atomic E-state index is -1.00. The second-order valence-corrected chi connectivity index (χ2v) is 7.09. The first-order valence-corrected chi connectivity index (χ1v) is 8.14. The summed E-state index contributed by atoms with van der Waals surface area (Å²) in [5, 5.41) is 9.26. The van der Waals surface area contributed by atoms with Crippen molar-refractivity contribution in [2.24, 2.45) is 0 Å². The van der Waals surface area contributed by atoms with Crippen LogP contribution in [0, 0.1) is 6.92 Å². The Bertz CT molecular complexity index is 612. The van der Waals surface area contributed by atoms with Crippen molar-refractivity contribution < 1.29 is 24.2 Å². The number of aryl methyl sites for hydroxylation is 1. The molecule has 1 N–H and O–H groups in total. The van der Waals surface area contributed by atoms with Gasteiger partial charge in [-0.15, -0.1) is 0 Å². The highest BCUT2D eigenvalue weighted by atomic mass is 16.6. The van der Waals surface area contributed by atoms with Gasteiger partial charge in [0.05, 0.1) is 0 Å². The lowest BCUT2D eigenvalue weighted by Gasteiger charge is -2.33. The van der Waals surface area contributed by atoms with E-state index in [0.717, 1.165) is 5.56 Å². The highest BCUT2D eigenvalue weighted by molar-refractivity contribution is 5.91. The maximum atomic E-state index is 12.1. The molecule has 0 unspecified atom stereocenters. The van der Waals surface area contributed by atoms with E-state index in [1.54, 1.807) is 23.1 Å². The van der Waals surface area contributed by atoms with Gasteiger partial charge in [-0.25, -0.2) is 9.59 Å². The van der Waals surface area contributed by atoms with Crippen LogP contribution in [0.2, 0.25) is 0 Å². The first kappa shape index (κ1) is 18.1. The molecule has 6 nitrogen and oxygen atoms in total. The standard InChI is InChI=1S/C18H25NO5/c1-12-5-6-14(16(20)21)15(11-12)23-13-7-9-19(10-8-13)17(22)24-18(2,3)4/h5-6,11,13H,7-10H2,1-4H3,(H,20,21). The number of hydrogen-bond acceptors (Lipinski definition) is 4. The van der Waals surface area contributed by atoms with E-state index in [2.05, 4.69) is 0 Å². The molecule has 1 aliphatic rings. The molecule has 1 fully saturated rings. The van der Waals surface area contributed by atoms with Crippen LogP contribution in [0.4, 0.5) is 4.79 Å². The van der Waals surface area contributed by atoms with Gasteiger partial charge in [0.2, 0.25) is 0 Å². The van der Waals surface area contributed by atoms with E-state index in [4.69, 9.17) is 9.47 Å². The van der Waals surface area contributed by atoms with Gasteiger partial charge in [0.15, 0.2) is 0 Å². The summed E-state index contributed by atoms with van der Waals surface area (Å²) in [6.07, 6.45) is 0.865. The molecule has 0 spiro atoms. The molecular weight excluding hydrogens is 310 g/mol. The Morgan fingerprint density at radius 1 is 1.21 bits per heavy atom. The number of hydrogen-bond donors (Lipinski definition) is 1. The number of piperidine rings is 1. The zero-order chi connectivity index (χ0) is 17.9. The van der Waals surface area contributed by atoms with Crippen molar-refractivity contribution in [3.63, 3.8) is 0 Å². The molecule has 0 atom stereocenters. The van der Waals surface area contributed by atoms with Crippen molar-refractivity contribution >= 4 is 12.1 Å². The molecule has 1 aromatic carbocycles. The molecule has 1 aromatic rings. The summed E-state index contributed by atoms with van der Waals surface area (Å²) in [4.78, 5) is 25.0. The van der Waals surface area contributed by atoms with Crippen LogP contribution < -0.4 is 4.74 Å². The summed E-state index contributed by atoms with van der Waals surface area (Å²) in [5.74, 6) is -0.616. The lowest BCUT2D eigenvalue weighted by atomic mass is 10.1. The second-order valence-electron chi connectivity index (χ2n) is 7.09. The summed E-state index contributed by atoms with van der Waals surface area (Å²) < 4.78 is 11.3. The van der Waals surface area contributed by atoms with E-state index in [0.29, 0.717) is 31.7 Å². The summed E-state index contributed by atoms with van der Waals surface area (Å²) in [5.41, 5.74) is 0.596. The van der Waals surface area contributed by atoms with Gasteiger partial charge >= 0.3 is 12.1 Å². The van der Waals surface area contributed by atoms with Crippen molar-refractivity contribution in [2.75, 3.05) is 13.1 Å². The molecule has 0 radical (unpaired) electrons. The third-order valence-corrected chi connectivity index (χ3v) is 3.75. The van der Waals surface area contributed by atoms with Gasteiger partial charge < -0.3 is 19.5 Å². The maximum Gasteiger partial charge on any atom is 0.410 e. The molecule has 0 saturated carbocycles. The lowest BCUT2D eigenvalue weighted by Crippen LogP contribution is -2.44. The number of rotatable bonds is 3. The SMILES string of the molecule is Cc1ccc(C(=O)O)c(OC2CCN(C(=O)OC(C)(C)C)CC2)c1. The Morgan fingerprint density at radius 3 is 2.38 bits per heavy atom. The van der Waals surface area contributed by atoms with Gasteiger partial charge in [0, 0.05) is 25.9 Å². The van der Waals surface area contributed by atoms with Crippen LogP contribution in [0.5, 0.6) is 5.75 Å². The molecule has 1 aliphatic heterocycles. The van der Waals surface area contributed by atoms with Gasteiger partial charge in [0.25, 0.3) is 0 Å². The Hall–Kier alpha value is -2.24. The van der Waals surface area contributed by atoms with Crippen molar-refractivity contribution in [3.8, 4) is 5.75 Å². The molecule has 0 bridgehead atoms. The molecule has 2 rings (SSSR count). The lowest BCUT2D eigenvalue weighted by molar-refractivity contribution is 0.0126. The van der Waals surface area contributed by atoms with E-state index in [1.165, 1.54) is 0 Å². The number of carboxylic acids is 1. The van der Waals surface area contributed by atoms with E-state index < -0.39 is 11.6 Å². The van der Waals surface area contributed by atoms with Gasteiger partial charge in [-0.2, -0.15) is 0 Å². The fraction of sp³-hybridized carbons (Fsp3) is 0.556. The number of nitrogens with zero attached hydrogens (tertiary/aromatic N) is 1. The minimum absolute atomic E-state index is 0.108. The van der Waals surface area contributed by atoms with E-state index in [1.807, 2.05) is 27.7 Å². The normalized spacial score (nSPS) is 15.9. The zero-order valence-corrected chi connectivity index (χ0v) is 14.7. The summed E-state index contributed by atoms with van der Waals surface area (Å²) in [6.45, 7) is 8.48. The van der Waals surface area contributed by atoms with E-state index in [-0.39, 0.29) is 17.8 Å². The van der Waals surface area contributed by atoms with Crippen LogP contribution >= 0.6 is 0 Å². The number of likely N-dealkylation sites (tertiary alicyclic amines) is 1. The van der Waals surface area contributed by atoms with Crippen molar-refractivity contribution in [1.82, 2.24) is 4.90 Å². The number of amides is 1. The van der Waals surface area contributed by atoms with Crippen LogP contribution in [-0.4, -0.2) is 46.9 Å². The Labute approximate surface area is 142 Å².